The molecule has 0 heterocycles. The highest BCUT2D eigenvalue weighted by atomic mass is 16.3. The van der Waals surface area contributed by atoms with Gasteiger partial charge in [-0.3, -0.25) is 0 Å². The second-order valence-electron chi connectivity index (χ2n) is 4.31. The molecule has 0 spiro atoms. The molecule has 1 rings (SSSR count). The molecule has 0 aliphatic heterocycles. The van der Waals surface area contributed by atoms with Crippen molar-refractivity contribution in [1.29, 1.82) is 0 Å². The Bertz CT molecular complexity index is 155. The first kappa shape index (κ1) is 11.0. The van der Waals surface area contributed by atoms with Crippen LogP contribution in [-0.2, 0) is 0 Å². The molecule has 1 fully saturated rings. The van der Waals surface area contributed by atoms with Crippen LogP contribution in [0.5, 0.6) is 0 Å². The smallest absolute Gasteiger partial charge is 0.0753 e. The summed E-state index contributed by atoms with van der Waals surface area (Å²) in [5.74, 6) is 0. The Morgan fingerprint density at radius 2 is 2.15 bits per heavy atom. The third-order valence-electron chi connectivity index (χ3n) is 2.85. The Balaban J connectivity index is 2.22. The van der Waals surface area contributed by atoms with Crippen LogP contribution in [0, 0.1) is 0 Å². The van der Waals surface area contributed by atoms with Gasteiger partial charge >= 0.3 is 0 Å². The molecule has 1 aliphatic carbocycles. The average Bonchev–Trinajstić information content (AvgIpc) is 2.89. The second kappa shape index (κ2) is 4.40. The van der Waals surface area contributed by atoms with E-state index < -0.39 is 5.60 Å². The number of nitrogens with two attached hydrogens (primary N) is 1. The minimum absolute atomic E-state index is 0.356. The van der Waals surface area contributed by atoms with Crippen LogP contribution in [0.3, 0.4) is 0 Å². The van der Waals surface area contributed by atoms with Gasteiger partial charge in [-0.15, -0.1) is 0 Å². The molecule has 0 bridgehead atoms. The maximum absolute atomic E-state index is 9.72. The summed E-state index contributed by atoms with van der Waals surface area (Å²) in [4.78, 5) is 2.43. The topological polar surface area (TPSA) is 49.5 Å². The number of rotatable bonds is 6. The quantitative estimate of drug-likeness (QED) is 0.637. The second-order valence-corrected chi connectivity index (χ2v) is 4.31. The van der Waals surface area contributed by atoms with Gasteiger partial charge in [0.25, 0.3) is 0 Å². The molecule has 3 nitrogen and oxygen atoms in total. The van der Waals surface area contributed by atoms with E-state index in [1.807, 2.05) is 6.92 Å². The van der Waals surface area contributed by atoms with Crippen LogP contribution in [-0.4, -0.2) is 41.3 Å². The Morgan fingerprint density at radius 3 is 2.54 bits per heavy atom. The molecule has 3 N–H and O–H groups in total. The van der Waals surface area contributed by atoms with E-state index in [-0.39, 0.29) is 0 Å². The highest BCUT2D eigenvalue weighted by molar-refractivity contribution is 4.85. The van der Waals surface area contributed by atoms with Gasteiger partial charge in [0.2, 0.25) is 0 Å². The summed E-state index contributed by atoms with van der Waals surface area (Å²) in [6.45, 7) is 6.41. The van der Waals surface area contributed by atoms with Gasteiger partial charge in [0.15, 0.2) is 0 Å². The van der Waals surface area contributed by atoms with Gasteiger partial charge in [0.05, 0.1) is 5.60 Å². The molecule has 3 heteroatoms. The molecule has 0 aromatic rings. The van der Waals surface area contributed by atoms with Crippen molar-refractivity contribution < 1.29 is 5.11 Å². The maximum atomic E-state index is 9.72. The molecule has 0 radical (unpaired) electrons. The van der Waals surface area contributed by atoms with Gasteiger partial charge in [-0.1, -0.05) is 6.92 Å². The molecule has 0 amide bonds. The molecular formula is C10H22N2O. The lowest BCUT2D eigenvalue weighted by Crippen LogP contribution is -2.39. The van der Waals surface area contributed by atoms with E-state index in [1.54, 1.807) is 0 Å². The van der Waals surface area contributed by atoms with Crippen LogP contribution in [0.4, 0.5) is 0 Å². The van der Waals surface area contributed by atoms with Crippen LogP contribution in [0.25, 0.3) is 0 Å². The van der Waals surface area contributed by atoms with Crippen molar-refractivity contribution in [3.8, 4) is 0 Å². The normalized spacial score (nSPS) is 21.9. The first-order chi connectivity index (χ1) is 6.09. The van der Waals surface area contributed by atoms with E-state index >= 15 is 0 Å². The fourth-order valence-electron chi connectivity index (χ4n) is 1.53. The minimum Gasteiger partial charge on any atom is -0.389 e. The Kier molecular flexibility index (Phi) is 3.71. The van der Waals surface area contributed by atoms with Gasteiger partial charge in [-0.05, 0) is 32.7 Å². The van der Waals surface area contributed by atoms with Crippen molar-refractivity contribution in [2.45, 2.75) is 44.8 Å². The minimum atomic E-state index is -0.678. The standard InChI is InChI=1S/C10H22N2O/c1-3-12(9-4-5-9)7-6-10(2,13)8-11/h9,13H,3-8,11H2,1-2H3. The number of hydrogen-bond donors (Lipinski definition) is 2. The summed E-state index contributed by atoms with van der Waals surface area (Å²) in [5, 5.41) is 9.72. The van der Waals surface area contributed by atoms with E-state index in [0.29, 0.717) is 6.54 Å². The van der Waals surface area contributed by atoms with Crippen LogP contribution in [0.15, 0.2) is 0 Å². The molecule has 13 heavy (non-hydrogen) atoms. The van der Waals surface area contributed by atoms with Crippen LogP contribution in [0.1, 0.15) is 33.1 Å². The largest absolute Gasteiger partial charge is 0.389 e. The third-order valence-corrected chi connectivity index (χ3v) is 2.85. The lowest BCUT2D eigenvalue weighted by molar-refractivity contribution is 0.0473. The van der Waals surface area contributed by atoms with E-state index in [1.165, 1.54) is 12.8 Å². The zero-order chi connectivity index (χ0) is 9.90. The van der Waals surface area contributed by atoms with Crippen molar-refractivity contribution in [2.24, 2.45) is 5.73 Å². The first-order valence-corrected chi connectivity index (χ1v) is 5.25. The monoisotopic (exact) mass is 186 g/mol. The van der Waals surface area contributed by atoms with E-state index in [2.05, 4.69) is 11.8 Å². The molecule has 1 aliphatic rings. The Hall–Kier alpha value is -0.120. The molecule has 1 saturated carbocycles. The first-order valence-electron chi connectivity index (χ1n) is 5.25. The average molecular weight is 186 g/mol. The molecular weight excluding hydrogens is 164 g/mol. The van der Waals surface area contributed by atoms with Crippen molar-refractivity contribution >= 4 is 0 Å². The zero-order valence-corrected chi connectivity index (χ0v) is 8.79. The van der Waals surface area contributed by atoms with Crippen LogP contribution >= 0.6 is 0 Å². The maximum Gasteiger partial charge on any atom is 0.0753 e. The number of hydrogen-bond acceptors (Lipinski definition) is 3. The predicted octanol–water partition coefficient (Wildman–Crippen LogP) is 0.570. The van der Waals surface area contributed by atoms with Crippen LogP contribution in [0.2, 0.25) is 0 Å². The van der Waals surface area contributed by atoms with Crippen molar-refractivity contribution in [3.05, 3.63) is 0 Å². The lowest BCUT2D eigenvalue weighted by Gasteiger charge is -2.26. The van der Waals surface area contributed by atoms with Gasteiger partial charge in [0, 0.05) is 19.1 Å². The highest BCUT2D eigenvalue weighted by Crippen LogP contribution is 2.27. The van der Waals surface area contributed by atoms with Gasteiger partial charge in [-0.2, -0.15) is 0 Å². The van der Waals surface area contributed by atoms with Gasteiger partial charge in [-0.25, -0.2) is 0 Å². The molecule has 0 aromatic carbocycles. The Labute approximate surface area is 80.9 Å². The fraction of sp³-hybridized carbons (Fsp3) is 1.00. The molecule has 0 saturated heterocycles. The summed E-state index contributed by atoms with van der Waals surface area (Å²) >= 11 is 0. The van der Waals surface area contributed by atoms with E-state index in [0.717, 1.165) is 25.6 Å². The lowest BCUT2D eigenvalue weighted by atomic mass is 10.0. The third kappa shape index (κ3) is 3.63. The predicted molar refractivity (Wildman–Crippen MR) is 54.6 cm³/mol. The fourth-order valence-corrected chi connectivity index (χ4v) is 1.53. The zero-order valence-electron chi connectivity index (χ0n) is 8.79. The number of aliphatic hydroxyl groups is 1. The van der Waals surface area contributed by atoms with Gasteiger partial charge < -0.3 is 15.7 Å². The SMILES string of the molecule is CCN(CCC(C)(O)CN)C1CC1. The van der Waals surface area contributed by atoms with Crippen LogP contribution < -0.4 is 5.73 Å². The van der Waals surface area contributed by atoms with E-state index in [4.69, 9.17) is 5.73 Å². The summed E-state index contributed by atoms with van der Waals surface area (Å²) in [5.41, 5.74) is 4.78. The number of nitrogens with zero attached hydrogens (tertiary/aromatic N) is 1. The molecule has 78 valence electrons. The van der Waals surface area contributed by atoms with E-state index in [9.17, 15) is 5.11 Å². The summed E-state index contributed by atoms with van der Waals surface area (Å²) in [6, 6.07) is 0.790. The van der Waals surface area contributed by atoms with Crippen molar-refractivity contribution in [1.82, 2.24) is 4.90 Å². The molecule has 1 atom stereocenters. The summed E-state index contributed by atoms with van der Waals surface area (Å²) in [6.07, 6.45) is 3.45. The Morgan fingerprint density at radius 1 is 1.54 bits per heavy atom. The van der Waals surface area contributed by atoms with Gasteiger partial charge in [0.1, 0.15) is 0 Å². The van der Waals surface area contributed by atoms with Crippen molar-refractivity contribution in [2.75, 3.05) is 19.6 Å². The summed E-state index contributed by atoms with van der Waals surface area (Å²) < 4.78 is 0. The summed E-state index contributed by atoms with van der Waals surface area (Å²) in [7, 11) is 0. The van der Waals surface area contributed by atoms with Crippen molar-refractivity contribution in [3.63, 3.8) is 0 Å². The molecule has 0 aromatic heterocycles. The highest BCUT2D eigenvalue weighted by Gasteiger charge is 2.29. The molecule has 1 unspecified atom stereocenters.